The van der Waals surface area contributed by atoms with Gasteiger partial charge in [0.25, 0.3) is 0 Å². The lowest BCUT2D eigenvalue weighted by Gasteiger charge is -2.12. The normalized spacial score (nSPS) is 11.3. The molecule has 0 aliphatic rings. The fourth-order valence-corrected chi connectivity index (χ4v) is 3.10. The first-order valence-electron chi connectivity index (χ1n) is 8.25. The summed E-state index contributed by atoms with van der Waals surface area (Å²) < 4.78 is 0. The predicted octanol–water partition coefficient (Wildman–Crippen LogP) is 2.26. The summed E-state index contributed by atoms with van der Waals surface area (Å²) >= 11 is 1.67. The van der Waals surface area contributed by atoms with Crippen LogP contribution in [0, 0.1) is 6.92 Å². The molecule has 0 aliphatic heterocycles. The van der Waals surface area contributed by atoms with Crippen LogP contribution in [-0.2, 0) is 11.3 Å². The number of guanidine groups is 1. The zero-order valence-corrected chi connectivity index (χ0v) is 16.0. The summed E-state index contributed by atoms with van der Waals surface area (Å²) in [7, 11) is 3.45. The lowest BCUT2D eigenvalue weighted by molar-refractivity contribution is -0.127. The van der Waals surface area contributed by atoms with Crippen LogP contribution >= 0.6 is 11.3 Å². The number of nitrogens with one attached hydrogen (secondary N) is 2. The van der Waals surface area contributed by atoms with Crippen LogP contribution in [0.25, 0.3) is 10.6 Å². The Hall–Kier alpha value is -2.41. The molecule has 2 rings (SSSR count). The first-order chi connectivity index (χ1) is 12.0. The quantitative estimate of drug-likeness (QED) is 0.613. The molecule has 7 heteroatoms. The number of aryl methyl sites for hydroxylation is 1. The molecule has 0 fully saturated rings. The number of carbonyl (C=O) groups is 1. The number of rotatable bonds is 6. The maximum absolute atomic E-state index is 11.7. The number of hydrogen-bond acceptors (Lipinski definition) is 4. The Morgan fingerprint density at radius 3 is 2.60 bits per heavy atom. The van der Waals surface area contributed by atoms with Crippen LogP contribution < -0.4 is 10.6 Å². The van der Waals surface area contributed by atoms with Crippen molar-refractivity contribution in [2.45, 2.75) is 20.4 Å². The Labute approximate surface area is 153 Å². The number of benzene rings is 1. The van der Waals surface area contributed by atoms with Crippen molar-refractivity contribution in [2.75, 3.05) is 27.2 Å². The second-order valence-electron chi connectivity index (χ2n) is 5.73. The summed E-state index contributed by atoms with van der Waals surface area (Å²) in [5, 5.41) is 7.45. The maximum Gasteiger partial charge on any atom is 0.243 e. The summed E-state index contributed by atoms with van der Waals surface area (Å²) in [6, 6.07) is 10.2. The molecule has 0 atom stereocenters. The molecule has 1 aromatic heterocycles. The van der Waals surface area contributed by atoms with E-state index in [1.807, 2.05) is 32.0 Å². The first-order valence-corrected chi connectivity index (χ1v) is 9.07. The first kappa shape index (κ1) is 18.9. The Morgan fingerprint density at radius 1 is 1.24 bits per heavy atom. The van der Waals surface area contributed by atoms with E-state index in [1.54, 1.807) is 25.4 Å². The largest absolute Gasteiger partial charge is 0.357 e. The van der Waals surface area contributed by atoms with Crippen molar-refractivity contribution in [1.29, 1.82) is 0 Å². The SMILES string of the molecule is CCNC(=NCC(=O)N(C)C)NCc1sc(-c2ccccc2)nc1C. The molecule has 0 radical (unpaired) electrons. The van der Waals surface area contributed by atoms with Gasteiger partial charge in [-0.05, 0) is 13.8 Å². The number of likely N-dealkylation sites (N-methyl/N-ethyl adjacent to an activating group) is 1. The highest BCUT2D eigenvalue weighted by atomic mass is 32.1. The Bertz CT molecular complexity index is 724. The Kier molecular flexibility index (Phi) is 6.94. The molecule has 1 amide bonds. The molecule has 1 heterocycles. The van der Waals surface area contributed by atoms with Crippen LogP contribution in [0.1, 0.15) is 17.5 Å². The zero-order valence-electron chi connectivity index (χ0n) is 15.2. The highest BCUT2D eigenvalue weighted by Crippen LogP contribution is 2.27. The van der Waals surface area contributed by atoms with Gasteiger partial charge in [-0.15, -0.1) is 11.3 Å². The minimum absolute atomic E-state index is 0.0301. The zero-order chi connectivity index (χ0) is 18.2. The van der Waals surface area contributed by atoms with Gasteiger partial charge < -0.3 is 15.5 Å². The van der Waals surface area contributed by atoms with E-state index in [2.05, 4.69) is 32.7 Å². The number of nitrogens with zero attached hydrogens (tertiary/aromatic N) is 3. The van der Waals surface area contributed by atoms with E-state index in [0.29, 0.717) is 12.5 Å². The minimum atomic E-state index is -0.0301. The third-order valence-electron chi connectivity index (χ3n) is 3.55. The smallest absolute Gasteiger partial charge is 0.243 e. The van der Waals surface area contributed by atoms with E-state index in [-0.39, 0.29) is 12.5 Å². The standard InChI is InChI=1S/C18H25N5OS/c1-5-19-18(21-12-16(24)23(3)4)20-11-15-13(2)22-17(25-15)14-9-7-6-8-10-14/h6-10H,5,11-12H2,1-4H3,(H2,19,20,21). The van der Waals surface area contributed by atoms with E-state index in [9.17, 15) is 4.79 Å². The average molecular weight is 359 g/mol. The van der Waals surface area contributed by atoms with Crippen LogP contribution in [0.4, 0.5) is 0 Å². The number of amides is 1. The maximum atomic E-state index is 11.7. The third-order valence-corrected chi connectivity index (χ3v) is 4.75. The molecule has 1 aromatic carbocycles. The minimum Gasteiger partial charge on any atom is -0.357 e. The Balaban J connectivity index is 2.04. The predicted molar refractivity (Wildman–Crippen MR) is 104 cm³/mol. The molecule has 2 N–H and O–H groups in total. The van der Waals surface area contributed by atoms with Gasteiger partial charge in [0.05, 0.1) is 12.2 Å². The van der Waals surface area contributed by atoms with E-state index >= 15 is 0 Å². The summed E-state index contributed by atoms with van der Waals surface area (Å²) in [6.07, 6.45) is 0. The molecule has 0 bridgehead atoms. The number of aromatic nitrogens is 1. The van der Waals surface area contributed by atoms with Gasteiger partial charge in [-0.3, -0.25) is 4.79 Å². The van der Waals surface area contributed by atoms with Gasteiger partial charge in [-0.2, -0.15) is 0 Å². The molecule has 0 unspecified atom stereocenters. The lowest BCUT2D eigenvalue weighted by atomic mass is 10.2. The van der Waals surface area contributed by atoms with Crippen LogP contribution in [0.5, 0.6) is 0 Å². The van der Waals surface area contributed by atoms with Gasteiger partial charge in [-0.1, -0.05) is 30.3 Å². The number of thiazole rings is 1. The molecular weight excluding hydrogens is 334 g/mol. The molecule has 0 saturated carbocycles. The van der Waals surface area contributed by atoms with E-state index in [1.165, 1.54) is 4.90 Å². The summed E-state index contributed by atoms with van der Waals surface area (Å²) in [5.74, 6) is 0.601. The lowest BCUT2D eigenvalue weighted by Crippen LogP contribution is -2.38. The second kappa shape index (κ2) is 9.17. The van der Waals surface area contributed by atoms with Crippen LogP contribution in [0.15, 0.2) is 35.3 Å². The highest BCUT2D eigenvalue weighted by Gasteiger charge is 2.10. The van der Waals surface area contributed by atoms with Crippen molar-refractivity contribution < 1.29 is 4.79 Å². The van der Waals surface area contributed by atoms with Gasteiger partial charge in [-0.25, -0.2) is 9.98 Å². The number of hydrogen-bond donors (Lipinski definition) is 2. The molecule has 25 heavy (non-hydrogen) atoms. The van der Waals surface area contributed by atoms with Crippen molar-refractivity contribution in [3.8, 4) is 10.6 Å². The van der Waals surface area contributed by atoms with Crippen molar-refractivity contribution >= 4 is 23.2 Å². The molecule has 0 saturated heterocycles. The van der Waals surface area contributed by atoms with Gasteiger partial charge in [0, 0.05) is 31.1 Å². The summed E-state index contributed by atoms with van der Waals surface area (Å²) in [5.41, 5.74) is 2.13. The topological polar surface area (TPSA) is 69.6 Å². The Morgan fingerprint density at radius 2 is 1.96 bits per heavy atom. The molecule has 134 valence electrons. The summed E-state index contributed by atoms with van der Waals surface area (Å²) in [4.78, 5) is 23.4. The van der Waals surface area contributed by atoms with E-state index < -0.39 is 0 Å². The number of aliphatic imine (C=N–C) groups is 1. The molecule has 2 aromatic rings. The van der Waals surface area contributed by atoms with Gasteiger partial charge in [0.2, 0.25) is 5.91 Å². The third kappa shape index (κ3) is 5.56. The molecule has 0 spiro atoms. The fraction of sp³-hybridized carbons (Fsp3) is 0.389. The second-order valence-corrected chi connectivity index (χ2v) is 6.81. The van der Waals surface area contributed by atoms with Gasteiger partial charge >= 0.3 is 0 Å². The van der Waals surface area contributed by atoms with Gasteiger partial charge in [0.1, 0.15) is 11.6 Å². The molecular formula is C18H25N5OS. The highest BCUT2D eigenvalue weighted by molar-refractivity contribution is 7.15. The number of carbonyl (C=O) groups excluding carboxylic acids is 1. The fourth-order valence-electron chi connectivity index (χ4n) is 2.09. The molecule has 0 aliphatic carbocycles. The van der Waals surface area contributed by atoms with Crippen LogP contribution in [0.2, 0.25) is 0 Å². The van der Waals surface area contributed by atoms with Crippen molar-refractivity contribution in [3.63, 3.8) is 0 Å². The molecule has 6 nitrogen and oxygen atoms in total. The summed E-state index contributed by atoms with van der Waals surface area (Å²) in [6.45, 7) is 5.49. The average Bonchev–Trinajstić information content (AvgIpc) is 2.98. The van der Waals surface area contributed by atoms with Crippen LogP contribution in [0.3, 0.4) is 0 Å². The van der Waals surface area contributed by atoms with Gasteiger partial charge in [0.15, 0.2) is 5.96 Å². The van der Waals surface area contributed by atoms with Crippen molar-refractivity contribution in [2.24, 2.45) is 4.99 Å². The van der Waals surface area contributed by atoms with Crippen LogP contribution in [-0.4, -0.2) is 48.9 Å². The van der Waals surface area contributed by atoms with E-state index in [4.69, 9.17) is 0 Å². The van der Waals surface area contributed by atoms with Crippen molar-refractivity contribution in [3.05, 3.63) is 40.9 Å². The monoisotopic (exact) mass is 359 g/mol. The van der Waals surface area contributed by atoms with E-state index in [0.717, 1.165) is 27.7 Å². The van der Waals surface area contributed by atoms with Crippen molar-refractivity contribution in [1.82, 2.24) is 20.5 Å².